The standard InChI is InChI=1S/C21H38O/c1-8-9-10-11-18(6)13-15-20(14-12-16(2)3)21(17(4)5)19(7)22/h12-14,17,19,21-22H,8-11,15H2,1-7H3. The highest BCUT2D eigenvalue weighted by Crippen LogP contribution is 2.28. The van der Waals surface area contributed by atoms with Gasteiger partial charge in [0.1, 0.15) is 0 Å². The molecule has 0 fully saturated rings. The molecule has 0 aromatic heterocycles. The van der Waals surface area contributed by atoms with Crippen LogP contribution in [0.1, 0.15) is 80.6 Å². The van der Waals surface area contributed by atoms with E-state index in [1.165, 1.54) is 42.4 Å². The SMILES string of the molecule is CCCCCC(C)=CCC(=CC=C(C)C)C(C(C)C)C(C)O. The van der Waals surface area contributed by atoms with E-state index < -0.39 is 0 Å². The fourth-order valence-corrected chi connectivity index (χ4v) is 2.93. The molecule has 0 aliphatic rings. The van der Waals surface area contributed by atoms with Crippen molar-refractivity contribution in [2.45, 2.75) is 86.7 Å². The molecule has 0 aliphatic heterocycles. The molecule has 2 unspecified atom stereocenters. The number of aliphatic hydroxyl groups is 1. The molecular formula is C21H38O. The molecule has 0 heterocycles. The van der Waals surface area contributed by atoms with Crippen LogP contribution in [0.25, 0.3) is 0 Å². The zero-order valence-corrected chi connectivity index (χ0v) is 15.9. The lowest BCUT2D eigenvalue weighted by Gasteiger charge is -2.26. The van der Waals surface area contributed by atoms with Crippen LogP contribution in [-0.4, -0.2) is 11.2 Å². The Labute approximate surface area is 139 Å². The monoisotopic (exact) mass is 306 g/mol. The molecule has 0 aromatic rings. The van der Waals surface area contributed by atoms with Gasteiger partial charge in [0.15, 0.2) is 0 Å². The van der Waals surface area contributed by atoms with Crippen LogP contribution >= 0.6 is 0 Å². The highest BCUT2D eigenvalue weighted by molar-refractivity contribution is 5.22. The Kier molecular flexibility index (Phi) is 11.3. The van der Waals surface area contributed by atoms with E-state index >= 15 is 0 Å². The summed E-state index contributed by atoms with van der Waals surface area (Å²) in [6.45, 7) is 15.0. The van der Waals surface area contributed by atoms with Gasteiger partial charge in [-0.15, -0.1) is 0 Å². The Morgan fingerprint density at radius 1 is 1.00 bits per heavy atom. The lowest BCUT2D eigenvalue weighted by molar-refractivity contribution is 0.117. The highest BCUT2D eigenvalue weighted by atomic mass is 16.3. The van der Waals surface area contributed by atoms with Crippen LogP contribution in [0, 0.1) is 11.8 Å². The molecule has 1 N–H and O–H groups in total. The molecule has 1 heteroatoms. The van der Waals surface area contributed by atoms with Gasteiger partial charge in [-0.3, -0.25) is 0 Å². The molecule has 22 heavy (non-hydrogen) atoms. The summed E-state index contributed by atoms with van der Waals surface area (Å²) in [6.07, 6.45) is 12.5. The van der Waals surface area contributed by atoms with Gasteiger partial charge in [-0.2, -0.15) is 0 Å². The first-order chi connectivity index (χ1) is 10.3. The van der Waals surface area contributed by atoms with Crippen molar-refractivity contribution in [2.24, 2.45) is 11.8 Å². The highest BCUT2D eigenvalue weighted by Gasteiger charge is 2.22. The van der Waals surface area contributed by atoms with Crippen molar-refractivity contribution in [3.05, 3.63) is 34.9 Å². The second-order valence-electron chi connectivity index (χ2n) is 7.21. The van der Waals surface area contributed by atoms with Crippen molar-refractivity contribution in [3.63, 3.8) is 0 Å². The molecule has 128 valence electrons. The van der Waals surface area contributed by atoms with E-state index in [2.05, 4.69) is 59.8 Å². The maximum absolute atomic E-state index is 10.2. The van der Waals surface area contributed by atoms with Crippen molar-refractivity contribution < 1.29 is 5.11 Å². The van der Waals surface area contributed by atoms with E-state index in [-0.39, 0.29) is 12.0 Å². The number of unbranched alkanes of at least 4 members (excludes halogenated alkanes) is 2. The lowest BCUT2D eigenvalue weighted by Crippen LogP contribution is -2.24. The summed E-state index contributed by atoms with van der Waals surface area (Å²) >= 11 is 0. The maximum atomic E-state index is 10.2. The third-order valence-corrected chi connectivity index (χ3v) is 4.16. The van der Waals surface area contributed by atoms with E-state index in [1.807, 2.05) is 6.92 Å². The number of hydrogen-bond acceptors (Lipinski definition) is 1. The van der Waals surface area contributed by atoms with Gasteiger partial charge in [0, 0.05) is 5.92 Å². The summed E-state index contributed by atoms with van der Waals surface area (Å²) in [5, 5.41) is 10.2. The van der Waals surface area contributed by atoms with Crippen LogP contribution in [0.5, 0.6) is 0 Å². The largest absolute Gasteiger partial charge is 0.393 e. The van der Waals surface area contributed by atoms with Crippen molar-refractivity contribution >= 4 is 0 Å². The van der Waals surface area contributed by atoms with Gasteiger partial charge < -0.3 is 5.11 Å². The lowest BCUT2D eigenvalue weighted by atomic mass is 9.82. The maximum Gasteiger partial charge on any atom is 0.0580 e. The normalized spacial score (nSPS) is 15.9. The van der Waals surface area contributed by atoms with Crippen LogP contribution < -0.4 is 0 Å². The summed E-state index contributed by atoms with van der Waals surface area (Å²) in [5.41, 5.74) is 4.12. The van der Waals surface area contributed by atoms with Crippen molar-refractivity contribution in [1.29, 1.82) is 0 Å². The van der Waals surface area contributed by atoms with Gasteiger partial charge in [0.25, 0.3) is 0 Å². The number of rotatable bonds is 10. The van der Waals surface area contributed by atoms with Crippen LogP contribution in [0.15, 0.2) is 34.9 Å². The smallest absolute Gasteiger partial charge is 0.0580 e. The second kappa shape index (κ2) is 11.7. The molecule has 0 aliphatic carbocycles. The predicted octanol–water partition coefficient (Wildman–Crippen LogP) is 6.45. The van der Waals surface area contributed by atoms with Gasteiger partial charge in [0.05, 0.1) is 6.10 Å². The van der Waals surface area contributed by atoms with Crippen molar-refractivity contribution in [3.8, 4) is 0 Å². The molecule has 0 spiro atoms. The molecule has 0 radical (unpaired) electrons. The molecule has 0 bridgehead atoms. The van der Waals surface area contributed by atoms with Crippen LogP contribution in [0.4, 0.5) is 0 Å². The molecule has 0 rings (SSSR count). The molecule has 2 atom stereocenters. The molecule has 1 nitrogen and oxygen atoms in total. The summed E-state index contributed by atoms with van der Waals surface area (Å²) in [5.74, 6) is 0.681. The fourth-order valence-electron chi connectivity index (χ4n) is 2.93. The summed E-state index contributed by atoms with van der Waals surface area (Å²) in [7, 11) is 0. The topological polar surface area (TPSA) is 20.2 Å². The number of hydrogen-bond donors (Lipinski definition) is 1. The Bertz CT molecular complexity index is 371. The zero-order chi connectivity index (χ0) is 17.1. The van der Waals surface area contributed by atoms with E-state index in [0.717, 1.165) is 6.42 Å². The van der Waals surface area contributed by atoms with Gasteiger partial charge in [-0.05, 0) is 52.9 Å². The Hall–Kier alpha value is -0.820. The fraction of sp³-hybridized carbons (Fsp3) is 0.714. The minimum absolute atomic E-state index is 0.232. The van der Waals surface area contributed by atoms with Crippen LogP contribution in [0.2, 0.25) is 0 Å². The summed E-state index contributed by atoms with van der Waals surface area (Å²) in [6, 6.07) is 0. The minimum Gasteiger partial charge on any atom is -0.393 e. The average Bonchev–Trinajstić information content (AvgIpc) is 2.40. The molecule has 0 aromatic carbocycles. The Balaban J connectivity index is 5.06. The third kappa shape index (κ3) is 9.25. The van der Waals surface area contributed by atoms with Gasteiger partial charge in [-0.1, -0.05) is 68.6 Å². The van der Waals surface area contributed by atoms with Crippen LogP contribution in [0.3, 0.4) is 0 Å². The van der Waals surface area contributed by atoms with Crippen molar-refractivity contribution in [2.75, 3.05) is 0 Å². The van der Waals surface area contributed by atoms with E-state index in [1.54, 1.807) is 0 Å². The molecule has 0 saturated carbocycles. The van der Waals surface area contributed by atoms with E-state index in [0.29, 0.717) is 5.92 Å². The van der Waals surface area contributed by atoms with Gasteiger partial charge >= 0.3 is 0 Å². The first-order valence-corrected chi connectivity index (χ1v) is 8.97. The van der Waals surface area contributed by atoms with E-state index in [9.17, 15) is 5.11 Å². The third-order valence-electron chi connectivity index (χ3n) is 4.16. The molecule has 0 amide bonds. The van der Waals surface area contributed by atoms with Crippen LogP contribution in [-0.2, 0) is 0 Å². The Morgan fingerprint density at radius 2 is 1.64 bits per heavy atom. The predicted molar refractivity (Wildman–Crippen MR) is 100 cm³/mol. The first kappa shape index (κ1) is 21.2. The van der Waals surface area contributed by atoms with Gasteiger partial charge in [0.2, 0.25) is 0 Å². The first-order valence-electron chi connectivity index (χ1n) is 8.97. The Morgan fingerprint density at radius 3 is 2.09 bits per heavy atom. The molecule has 0 saturated heterocycles. The molecular weight excluding hydrogens is 268 g/mol. The quantitative estimate of drug-likeness (QED) is 0.279. The summed E-state index contributed by atoms with van der Waals surface area (Å²) in [4.78, 5) is 0. The summed E-state index contributed by atoms with van der Waals surface area (Å²) < 4.78 is 0. The van der Waals surface area contributed by atoms with Gasteiger partial charge in [-0.25, -0.2) is 0 Å². The average molecular weight is 307 g/mol. The minimum atomic E-state index is -0.300. The second-order valence-corrected chi connectivity index (χ2v) is 7.21. The number of aliphatic hydroxyl groups excluding tert-OH is 1. The zero-order valence-electron chi connectivity index (χ0n) is 15.9. The number of allylic oxidation sites excluding steroid dienone is 5. The van der Waals surface area contributed by atoms with E-state index in [4.69, 9.17) is 0 Å². The van der Waals surface area contributed by atoms with Crippen molar-refractivity contribution in [1.82, 2.24) is 0 Å².